The predicted octanol–water partition coefficient (Wildman–Crippen LogP) is 0.999. The fourth-order valence-corrected chi connectivity index (χ4v) is 2.31. The molecule has 4 heteroatoms. The standard InChI is InChI=1S/C11H20N4/c1-2-14-7-4-10(5-8-14)15-11(9-12)3-6-13-15/h3,6,10H,2,4-5,7-9,12H2,1H3. The van der Waals surface area contributed by atoms with E-state index in [-0.39, 0.29) is 0 Å². The summed E-state index contributed by atoms with van der Waals surface area (Å²) in [7, 11) is 0. The molecule has 0 spiro atoms. The SMILES string of the molecule is CCN1CCC(n2nccc2CN)CC1. The van der Waals surface area contributed by atoms with Crippen LogP contribution in [-0.4, -0.2) is 34.3 Å². The van der Waals surface area contributed by atoms with Gasteiger partial charge in [0.25, 0.3) is 0 Å². The summed E-state index contributed by atoms with van der Waals surface area (Å²) in [6, 6.07) is 2.58. The smallest absolute Gasteiger partial charge is 0.0547 e. The summed E-state index contributed by atoms with van der Waals surface area (Å²) in [4.78, 5) is 2.49. The average molecular weight is 208 g/mol. The van der Waals surface area contributed by atoms with E-state index in [1.165, 1.54) is 25.9 Å². The first kappa shape index (κ1) is 10.6. The molecule has 2 N–H and O–H groups in total. The van der Waals surface area contributed by atoms with Crippen molar-refractivity contribution in [3.63, 3.8) is 0 Å². The van der Waals surface area contributed by atoms with Gasteiger partial charge in [0.05, 0.1) is 11.7 Å². The quantitative estimate of drug-likeness (QED) is 0.806. The van der Waals surface area contributed by atoms with Crippen molar-refractivity contribution in [1.82, 2.24) is 14.7 Å². The van der Waals surface area contributed by atoms with Gasteiger partial charge in [-0.15, -0.1) is 0 Å². The van der Waals surface area contributed by atoms with Crippen molar-refractivity contribution >= 4 is 0 Å². The second-order valence-electron chi connectivity index (χ2n) is 4.14. The molecule has 2 rings (SSSR count). The Morgan fingerprint density at radius 3 is 2.80 bits per heavy atom. The summed E-state index contributed by atoms with van der Waals surface area (Å²) >= 11 is 0. The highest BCUT2D eigenvalue weighted by Crippen LogP contribution is 2.22. The number of rotatable bonds is 3. The molecule has 1 aliphatic rings. The van der Waals surface area contributed by atoms with Gasteiger partial charge in [-0.25, -0.2) is 0 Å². The van der Waals surface area contributed by atoms with E-state index in [1.54, 1.807) is 0 Å². The van der Waals surface area contributed by atoms with Crippen LogP contribution in [0.2, 0.25) is 0 Å². The first-order valence-electron chi connectivity index (χ1n) is 5.80. The topological polar surface area (TPSA) is 47.1 Å². The second kappa shape index (κ2) is 4.77. The van der Waals surface area contributed by atoms with Crippen molar-refractivity contribution in [2.45, 2.75) is 32.4 Å². The number of nitrogens with zero attached hydrogens (tertiary/aromatic N) is 3. The van der Waals surface area contributed by atoms with Gasteiger partial charge >= 0.3 is 0 Å². The minimum Gasteiger partial charge on any atom is -0.325 e. The highest BCUT2D eigenvalue weighted by molar-refractivity contribution is 5.01. The van der Waals surface area contributed by atoms with Crippen molar-refractivity contribution in [3.05, 3.63) is 18.0 Å². The lowest BCUT2D eigenvalue weighted by molar-refractivity contribution is 0.185. The van der Waals surface area contributed by atoms with Crippen LogP contribution in [-0.2, 0) is 6.54 Å². The van der Waals surface area contributed by atoms with Crippen LogP contribution in [0.4, 0.5) is 0 Å². The van der Waals surface area contributed by atoms with Crippen LogP contribution in [0.5, 0.6) is 0 Å². The lowest BCUT2D eigenvalue weighted by Gasteiger charge is -2.31. The number of nitrogens with two attached hydrogens (primary N) is 1. The maximum atomic E-state index is 5.68. The molecular formula is C11H20N4. The van der Waals surface area contributed by atoms with Gasteiger partial charge in [-0.3, -0.25) is 4.68 Å². The Labute approximate surface area is 91.1 Å². The molecular weight excluding hydrogens is 188 g/mol. The molecule has 0 atom stereocenters. The van der Waals surface area contributed by atoms with Crippen LogP contribution in [0.3, 0.4) is 0 Å². The van der Waals surface area contributed by atoms with Crippen LogP contribution >= 0.6 is 0 Å². The second-order valence-corrected chi connectivity index (χ2v) is 4.14. The maximum absolute atomic E-state index is 5.68. The van der Waals surface area contributed by atoms with Crippen LogP contribution < -0.4 is 5.73 Å². The summed E-state index contributed by atoms with van der Waals surface area (Å²) in [5, 5.41) is 4.38. The molecule has 0 aliphatic carbocycles. The van der Waals surface area contributed by atoms with Crippen molar-refractivity contribution < 1.29 is 0 Å². The molecule has 2 heterocycles. The zero-order chi connectivity index (χ0) is 10.7. The van der Waals surface area contributed by atoms with E-state index >= 15 is 0 Å². The Bertz CT molecular complexity index is 299. The van der Waals surface area contributed by atoms with Crippen molar-refractivity contribution in [2.24, 2.45) is 5.73 Å². The molecule has 0 amide bonds. The third-order valence-corrected chi connectivity index (χ3v) is 3.31. The van der Waals surface area contributed by atoms with E-state index in [9.17, 15) is 0 Å². The van der Waals surface area contributed by atoms with Gasteiger partial charge in [-0.05, 0) is 25.5 Å². The van der Waals surface area contributed by atoms with E-state index in [4.69, 9.17) is 5.73 Å². The lowest BCUT2D eigenvalue weighted by atomic mass is 10.1. The van der Waals surface area contributed by atoms with Gasteiger partial charge in [0.2, 0.25) is 0 Å². The normalized spacial score (nSPS) is 19.6. The van der Waals surface area contributed by atoms with Crippen molar-refractivity contribution in [3.8, 4) is 0 Å². The molecule has 0 radical (unpaired) electrons. The highest BCUT2D eigenvalue weighted by Gasteiger charge is 2.20. The first-order valence-corrected chi connectivity index (χ1v) is 5.80. The maximum Gasteiger partial charge on any atom is 0.0547 e. The molecule has 0 aromatic carbocycles. The van der Waals surface area contributed by atoms with Gasteiger partial charge in [-0.1, -0.05) is 6.92 Å². The Hall–Kier alpha value is -0.870. The summed E-state index contributed by atoms with van der Waals surface area (Å²) in [6.07, 6.45) is 4.25. The number of piperidine rings is 1. The van der Waals surface area contributed by atoms with E-state index in [1.807, 2.05) is 12.3 Å². The fourth-order valence-electron chi connectivity index (χ4n) is 2.31. The Morgan fingerprint density at radius 1 is 1.47 bits per heavy atom. The molecule has 84 valence electrons. The molecule has 0 unspecified atom stereocenters. The van der Waals surface area contributed by atoms with E-state index in [0.717, 1.165) is 12.2 Å². The van der Waals surface area contributed by atoms with Crippen LogP contribution in [0.25, 0.3) is 0 Å². The average Bonchev–Trinajstić information content (AvgIpc) is 2.77. The Kier molecular flexibility index (Phi) is 3.38. The molecule has 1 aromatic heterocycles. The molecule has 15 heavy (non-hydrogen) atoms. The zero-order valence-corrected chi connectivity index (χ0v) is 9.39. The Balaban J connectivity index is 2.01. The molecule has 1 aliphatic heterocycles. The van der Waals surface area contributed by atoms with Crippen LogP contribution in [0.1, 0.15) is 31.5 Å². The summed E-state index contributed by atoms with van der Waals surface area (Å²) in [5.74, 6) is 0. The van der Waals surface area contributed by atoms with Gasteiger partial charge in [-0.2, -0.15) is 5.10 Å². The summed E-state index contributed by atoms with van der Waals surface area (Å²) in [6.45, 7) is 6.35. The minimum absolute atomic E-state index is 0.557. The molecule has 4 nitrogen and oxygen atoms in total. The third-order valence-electron chi connectivity index (χ3n) is 3.31. The highest BCUT2D eigenvalue weighted by atomic mass is 15.3. The molecule has 1 fully saturated rings. The third kappa shape index (κ3) is 2.21. The van der Waals surface area contributed by atoms with E-state index in [0.29, 0.717) is 12.6 Å². The minimum atomic E-state index is 0.557. The number of aromatic nitrogens is 2. The van der Waals surface area contributed by atoms with Gasteiger partial charge in [0.1, 0.15) is 0 Å². The monoisotopic (exact) mass is 208 g/mol. The van der Waals surface area contributed by atoms with Crippen LogP contribution in [0.15, 0.2) is 12.3 Å². The number of hydrogen-bond donors (Lipinski definition) is 1. The van der Waals surface area contributed by atoms with Gasteiger partial charge in [0.15, 0.2) is 0 Å². The number of likely N-dealkylation sites (tertiary alicyclic amines) is 1. The number of hydrogen-bond acceptors (Lipinski definition) is 3. The summed E-state index contributed by atoms with van der Waals surface area (Å²) < 4.78 is 2.12. The van der Waals surface area contributed by atoms with E-state index in [2.05, 4.69) is 21.6 Å². The van der Waals surface area contributed by atoms with Crippen LogP contribution in [0, 0.1) is 0 Å². The van der Waals surface area contributed by atoms with Gasteiger partial charge in [0, 0.05) is 25.8 Å². The molecule has 1 saturated heterocycles. The first-order chi connectivity index (χ1) is 7.35. The lowest BCUT2D eigenvalue weighted by Crippen LogP contribution is -2.35. The van der Waals surface area contributed by atoms with Crippen molar-refractivity contribution in [1.29, 1.82) is 0 Å². The molecule has 0 bridgehead atoms. The Morgan fingerprint density at radius 2 is 2.20 bits per heavy atom. The van der Waals surface area contributed by atoms with Gasteiger partial charge < -0.3 is 10.6 Å². The zero-order valence-electron chi connectivity index (χ0n) is 9.39. The molecule has 0 saturated carbocycles. The predicted molar refractivity (Wildman–Crippen MR) is 60.5 cm³/mol. The largest absolute Gasteiger partial charge is 0.325 e. The molecule has 1 aromatic rings. The fraction of sp³-hybridized carbons (Fsp3) is 0.727. The summed E-state index contributed by atoms with van der Waals surface area (Å²) in [5.41, 5.74) is 6.84. The van der Waals surface area contributed by atoms with Crippen molar-refractivity contribution in [2.75, 3.05) is 19.6 Å². The van der Waals surface area contributed by atoms with E-state index < -0.39 is 0 Å².